The van der Waals surface area contributed by atoms with Gasteiger partial charge in [-0.2, -0.15) is 0 Å². The maximum atomic E-state index is 12.5. The van der Waals surface area contributed by atoms with Crippen LogP contribution in [0.2, 0.25) is 0 Å². The van der Waals surface area contributed by atoms with Gasteiger partial charge >= 0.3 is 0 Å². The second kappa shape index (κ2) is 10.1. The topological polar surface area (TPSA) is 75.6 Å². The van der Waals surface area contributed by atoms with Crippen LogP contribution in [0.25, 0.3) is 0 Å². The molecule has 0 amide bonds. The molecule has 0 aliphatic heterocycles. The second-order valence-electron chi connectivity index (χ2n) is 6.24. The fourth-order valence-corrected chi connectivity index (χ4v) is 3.64. The van der Waals surface area contributed by atoms with Crippen LogP contribution in [-0.4, -0.2) is 20.1 Å². The Morgan fingerprint density at radius 2 is 1.65 bits per heavy atom. The number of aromatic hydroxyl groups is 1. The summed E-state index contributed by atoms with van der Waals surface area (Å²) in [4.78, 5) is 0.144. The number of ether oxygens (including phenoxy) is 1. The summed E-state index contributed by atoms with van der Waals surface area (Å²) >= 11 is 0. The van der Waals surface area contributed by atoms with Gasteiger partial charge in [0.05, 0.1) is 11.5 Å². The second-order valence-corrected chi connectivity index (χ2v) is 7.93. The highest BCUT2D eigenvalue weighted by Crippen LogP contribution is 2.22. The lowest BCUT2D eigenvalue weighted by Crippen LogP contribution is -2.13. The number of sulfonamides is 1. The van der Waals surface area contributed by atoms with Gasteiger partial charge in [-0.1, -0.05) is 45.1 Å². The number of unbranched alkanes of at least 4 members (excludes halogenated alkanes) is 5. The minimum atomic E-state index is -3.71. The monoisotopic (exact) mass is 377 g/mol. The third kappa shape index (κ3) is 6.59. The zero-order chi connectivity index (χ0) is 18.8. The van der Waals surface area contributed by atoms with E-state index in [2.05, 4.69) is 11.6 Å². The molecule has 2 rings (SSSR count). The zero-order valence-corrected chi connectivity index (χ0v) is 16.0. The van der Waals surface area contributed by atoms with Crippen molar-refractivity contribution < 1.29 is 18.3 Å². The van der Waals surface area contributed by atoms with E-state index in [1.165, 1.54) is 62.1 Å². The highest BCUT2D eigenvalue weighted by Gasteiger charge is 2.15. The molecule has 0 atom stereocenters. The number of nitrogens with one attached hydrogen (secondary N) is 1. The van der Waals surface area contributed by atoms with Crippen molar-refractivity contribution in [2.75, 3.05) is 11.3 Å². The molecule has 0 aromatic heterocycles. The summed E-state index contributed by atoms with van der Waals surface area (Å²) in [7, 11) is -3.71. The molecule has 6 heteroatoms. The Labute approximate surface area is 156 Å². The number of hydrogen-bond donors (Lipinski definition) is 2. The van der Waals surface area contributed by atoms with Gasteiger partial charge in [0.2, 0.25) is 0 Å². The van der Waals surface area contributed by atoms with Crippen LogP contribution in [0.5, 0.6) is 11.5 Å². The molecule has 0 bridgehead atoms. The minimum absolute atomic E-state index is 0.0815. The lowest BCUT2D eigenvalue weighted by atomic mass is 10.1. The van der Waals surface area contributed by atoms with Crippen molar-refractivity contribution in [3.8, 4) is 11.5 Å². The first-order chi connectivity index (χ1) is 12.5. The van der Waals surface area contributed by atoms with Gasteiger partial charge < -0.3 is 9.84 Å². The summed E-state index contributed by atoms with van der Waals surface area (Å²) < 4.78 is 33.2. The summed E-state index contributed by atoms with van der Waals surface area (Å²) in [5.41, 5.74) is 0.390. The van der Waals surface area contributed by atoms with Gasteiger partial charge in [-0.3, -0.25) is 4.72 Å². The molecule has 0 radical (unpaired) electrons. The number of rotatable bonds is 11. The SMILES string of the molecule is CCCCCCCCOc1cccc(S(=O)(=O)Nc2ccc(O)cc2)c1. The molecular weight excluding hydrogens is 350 g/mol. The van der Waals surface area contributed by atoms with Crippen LogP contribution in [0.3, 0.4) is 0 Å². The van der Waals surface area contributed by atoms with Crippen LogP contribution in [0.15, 0.2) is 53.4 Å². The van der Waals surface area contributed by atoms with E-state index >= 15 is 0 Å². The molecule has 0 heterocycles. The van der Waals surface area contributed by atoms with Crippen molar-refractivity contribution >= 4 is 15.7 Å². The molecule has 2 N–H and O–H groups in total. The van der Waals surface area contributed by atoms with Crippen LogP contribution < -0.4 is 9.46 Å². The van der Waals surface area contributed by atoms with Gasteiger partial charge in [0, 0.05) is 11.8 Å². The van der Waals surface area contributed by atoms with Crippen LogP contribution in [0, 0.1) is 0 Å². The first-order valence-corrected chi connectivity index (χ1v) is 10.5. The Kier molecular flexibility index (Phi) is 7.78. The van der Waals surface area contributed by atoms with E-state index in [1.54, 1.807) is 12.1 Å². The molecular formula is C20H27NO4S. The Hall–Kier alpha value is -2.21. The molecule has 5 nitrogen and oxygen atoms in total. The first-order valence-electron chi connectivity index (χ1n) is 9.06. The maximum absolute atomic E-state index is 12.5. The van der Waals surface area contributed by atoms with Crippen LogP contribution in [0.4, 0.5) is 5.69 Å². The molecule has 0 aliphatic carbocycles. The normalized spacial score (nSPS) is 11.3. The molecule has 26 heavy (non-hydrogen) atoms. The van der Waals surface area contributed by atoms with E-state index in [4.69, 9.17) is 4.74 Å². The van der Waals surface area contributed by atoms with Gasteiger partial charge in [0.15, 0.2) is 0 Å². The summed E-state index contributed by atoms with van der Waals surface area (Å²) in [5, 5.41) is 9.28. The van der Waals surface area contributed by atoms with Crippen molar-refractivity contribution in [3.05, 3.63) is 48.5 Å². The largest absolute Gasteiger partial charge is 0.508 e. The van der Waals surface area contributed by atoms with Crippen molar-refractivity contribution in [2.24, 2.45) is 0 Å². The van der Waals surface area contributed by atoms with Crippen molar-refractivity contribution in [1.29, 1.82) is 0 Å². The molecule has 2 aromatic carbocycles. The predicted octanol–water partition coefficient (Wildman–Crippen LogP) is 4.93. The fraction of sp³-hybridized carbons (Fsp3) is 0.400. The molecule has 0 unspecified atom stereocenters. The molecule has 0 fully saturated rings. The quantitative estimate of drug-likeness (QED) is 0.430. The fourth-order valence-electron chi connectivity index (χ4n) is 2.55. The van der Waals surface area contributed by atoms with E-state index in [0.29, 0.717) is 18.0 Å². The Balaban J connectivity index is 1.89. The van der Waals surface area contributed by atoms with Gasteiger partial charge in [0.25, 0.3) is 10.0 Å². The van der Waals surface area contributed by atoms with E-state index in [9.17, 15) is 13.5 Å². The standard InChI is InChI=1S/C20H27NO4S/c1-2-3-4-5-6-7-15-25-19-9-8-10-20(16-19)26(23,24)21-17-11-13-18(22)14-12-17/h8-14,16,21-22H,2-7,15H2,1H3. The maximum Gasteiger partial charge on any atom is 0.262 e. The Bertz CT molecular complexity index is 773. The third-order valence-electron chi connectivity index (χ3n) is 4.00. The van der Waals surface area contributed by atoms with E-state index in [-0.39, 0.29) is 10.6 Å². The number of anilines is 1. The smallest absolute Gasteiger partial charge is 0.262 e. The first kappa shape index (κ1) is 20.1. The summed E-state index contributed by atoms with van der Waals surface area (Å²) in [6.07, 6.45) is 7.06. The van der Waals surface area contributed by atoms with Crippen molar-refractivity contribution in [3.63, 3.8) is 0 Å². The molecule has 0 spiro atoms. The minimum Gasteiger partial charge on any atom is -0.508 e. The third-order valence-corrected chi connectivity index (χ3v) is 5.38. The highest BCUT2D eigenvalue weighted by molar-refractivity contribution is 7.92. The average Bonchev–Trinajstić information content (AvgIpc) is 2.63. The van der Waals surface area contributed by atoms with Crippen molar-refractivity contribution in [2.45, 2.75) is 50.3 Å². The highest BCUT2D eigenvalue weighted by atomic mass is 32.2. The van der Waals surface area contributed by atoms with Gasteiger partial charge in [0.1, 0.15) is 11.5 Å². The summed E-state index contributed by atoms with van der Waals surface area (Å²) in [6, 6.07) is 12.4. The molecule has 0 aliphatic rings. The molecule has 2 aromatic rings. The summed E-state index contributed by atoms with van der Waals surface area (Å²) in [5.74, 6) is 0.630. The number of phenolic OH excluding ortho intramolecular Hbond substituents is 1. The molecule has 0 saturated carbocycles. The average molecular weight is 378 g/mol. The van der Waals surface area contributed by atoms with Crippen LogP contribution >= 0.6 is 0 Å². The van der Waals surface area contributed by atoms with E-state index in [0.717, 1.165) is 12.8 Å². The zero-order valence-electron chi connectivity index (χ0n) is 15.1. The van der Waals surface area contributed by atoms with Gasteiger partial charge in [-0.25, -0.2) is 8.42 Å². The Morgan fingerprint density at radius 1 is 0.962 bits per heavy atom. The number of benzene rings is 2. The molecule has 142 valence electrons. The lowest BCUT2D eigenvalue weighted by Gasteiger charge is -2.10. The number of hydrogen-bond acceptors (Lipinski definition) is 4. The van der Waals surface area contributed by atoms with Crippen LogP contribution in [-0.2, 0) is 10.0 Å². The predicted molar refractivity (Wildman–Crippen MR) is 104 cm³/mol. The van der Waals surface area contributed by atoms with Crippen LogP contribution in [0.1, 0.15) is 45.4 Å². The van der Waals surface area contributed by atoms with E-state index in [1.807, 2.05) is 0 Å². The lowest BCUT2D eigenvalue weighted by molar-refractivity contribution is 0.303. The summed E-state index contributed by atoms with van der Waals surface area (Å²) in [6.45, 7) is 2.78. The van der Waals surface area contributed by atoms with E-state index < -0.39 is 10.0 Å². The Morgan fingerprint density at radius 3 is 2.38 bits per heavy atom. The van der Waals surface area contributed by atoms with Gasteiger partial charge in [-0.05, 0) is 42.8 Å². The van der Waals surface area contributed by atoms with Crippen molar-refractivity contribution in [1.82, 2.24) is 0 Å². The number of phenols is 1. The molecule has 0 saturated heterocycles. The van der Waals surface area contributed by atoms with Gasteiger partial charge in [-0.15, -0.1) is 0 Å².